The Morgan fingerprint density at radius 3 is 2.83 bits per heavy atom. The van der Waals surface area contributed by atoms with E-state index in [0.717, 1.165) is 25.0 Å². The summed E-state index contributed by atoms with van der Waals surface area (Å²) >= 11 is 0. The van der Waals surface area contributed by atoms with Gasteiger partial charge in [-0.1, -0.05) is 12.1 Å². The maximum absolute atomic E-state index is 13.6. The van der Waals surface area contributed by atoms with E-state index in [9.17, 15) is 4.39 Å². The topological polar surface area (TPSA) is 46.1 Å². The Morgan fingerprint density at radius 1 is 1.42 bits per heavy atom. The van der Waals surface area contributed by atoms with Gasteiger partial charge in [-0.15, -0.1) is 0 Å². The van der Waals surface area contributed by atoms with E-state index in [-0.39, 0.29) is 17.7 Å². The molecular formula is C18H28FN3O2. The highest BCUT2D eigenvalue weighted by Crippen LogP contribution is 2.28. The number of nitrogens with one attached hydrogen (secondary N) is 1. The highest BCUT2D eigenvalue weighted by atomic mass is 19.1. The molecule has 5 nitrogen and oxygen atoms in total. The van der Waals surface area contributed by atoms with Crippen LogP contribution in [0.25, 0.3) is 0 Å². The van der Waals surface area contributed by atoms with Crippen LogP contribution in [0.4, 0.5) is 4.39 Å². The Labute approximate surface area is 143 Å². The van der Waals surface area contributed by atoms with E-state index in [0.29, 0.717) is 13.2 Å². The van der Waals surface area contributed by atoms with Gasteiger partial charge in [0, 0.05) is 27.2 Å². The third-order valence-corrected chi connectivity index (χ3v) is 3.91. The Balaban J connectivity index is 1.68. The molecule has 1 N–H and O–H groups in total. The summed E-state index contributed by atoms with van der Waals surface area (Å²) in [5, 5.41) is 3.24. The fourth-order valence-corrected chi connectivity index (χ4v) is 2.26. The normalized spacial score (nSPS) is 15.9. The SMILES string of the molecule is CN=C(NCC(C)Oc1ccccc1F)N(C)CCOCC1CC1. The Hall–Kier alpha value is -1.82. The van der Waals surface area contributed by atoms with Crippen molar-refractivity contribution < 1.29 is 13.9 Å². The van der Waals surface area contributed by atoms with Crippen molar-refractivity contribution in [3.05, 3.63) is 30.1 Å². The van der Waals surface area contributed by atoms with Crippen molar-refractivity contribution in [2.24, 2.45) is 10.9 Å². The third-order valence-electron chi connectivity index (χ3n) is 3.91. The number of ether oxygens (including phenoxy) is 2. The molecule has 1 aliphatic rings. The smallest absolute Gasteiger partial charge is 0.193 e. The maximum Gasteiger partial charge on any atom is 0.193 e. The summed E-state index contributed by atoms with van der Waals surface area (Å²) in [4.78, 5) is 6.27. The number of rotatable bonds is 9. The summed E-state index contributed by atoms with van der Waals surface area (Å²) in [5.41, 5.74) is 0. The lowest BCUT2D eigenvalue weighted by atomic mass is 10.3. The molecule has 134 valence electrons. The minimum Gasteiger partial charge on any atom is -0.486 e. The van der Waals surface area contributed by atoms with Gasteiger partial charge in [-0.25, -0.2) is 4.39 Å². The number of para-hydroxylation sites is 1. The third kappa shape index (κ3) is 6.35. The van der Waals surface area contributed by atoms with Crippen LogP contribution in [0.3, 0.4) is 0 Å². The molecule has 0 saturated heterocycles. The second kappa shape index (κ2) is 9.47. The van der Waals surface area contributed by atoms with E-state index >= 15 is 0 Å². The van der Waals surface area contributed by atoms with Crippen LogP contribution in [-0.4, -0.2) is 57.4 Å². The van der Waals surface area contributed by atoms with Crippen LogP contribution in [0.1, 0.15) is 19.8 Å². The molecule has 24 heavy (non-hydrogen) atoms. The highest BCUT2D eigenvalue weighted by Gasteiger charge is 2.21. The summed E-state index contributed by atoms with van der Waals surface area (Å²) < 4.78 is 24.9. The van der Waals surface area contributed by atoms with E-state index in [2.05, 4.69) is 10.3 Å². The lowest BCUT2D eigenvalue weighted by Gasteiger charge is -2.24. The number of guanidine groups is 1. The predicted molar refractivity (Wildman–Crippen MR) is 94.0 cm³/mol. The Morgan fingerprint density at radius 2 is 2.17 bits per heavy atom. The van der Waals surface area contributed by atoms with Crippen molar-refractivity contribution in [3.8, 4) is 5.75 Å². The maximum atomic E-state index is 13.6. The number of likely N-dealkylation sites (N-methyl/N-ethyl adjacent to an activating group) is 1. The Kier molecular flexibility index (Phi) is 7.31. The van der Waals surface area contributed by atoms with Crippen LogP contribution < -0.4 is 10.1 Å². The van der Waals surface area contributed by atoms with Crippen LogP contribution >= 0.6 is 0 Å². The number of hydrogen-bond donors (Lipinski definition) is 1. The molecule has 1 fully saturated rings. The molecule has 1 unspecified atom stereocenters. The van der Waals surface area contributed by atoms with Gasteiger partial charge in [0.1, 0.15) is 6.10 Å². The first-order valence-corrected chi connectivity index (χ1v) is 8.51. The molecule has 0 heterocycles. The van der Waals surface area contributed by atoms with Gasteiger partial charge in [-0.05, 0) is 37.8 Å². The molecule has 1 aromatic rings. The van der Waals surface area contributed by atoms with E-state index in [1.165, 1.54) is 18.9 Å². The minimum atomic E-state index is -0.348. The van der Waals surface area contributed by atoms with Crippen molar-refractivity contribution >= 4 is 5.96 Å². The minimum absolute atomic E-state index is 0.182. The van der Waals surface area contributed by atoms with Gasteiger partial charge in [0.25, 0.3) is 0 Å². The molecule has 0 bridgehead atoms. The fourth-order valence-electron chi connectivity index (χ4n) is 2.26. The monoisotopic (exact) mass is 337 g/mol. The Bertz CT molecular complexity index is 535. The van der Waals surface area contributed by atoms with Crippen molar-refractivity contribution in [1.82, 2.24) is 10.2 Å². The van der Waals surface area contributed by atoms with E-state index in [1.807, 2.05) is 18.9 Å². The number of hydrogen-bond acceptors (Lipinski definition) is 3. The number of aliphatic imine (C=N–C) groups is 1. The van der Waals surface area contributed by atoms with Gasteiger partial charge >= 0.3 is 0 Å². The second-order valence-corrected chi connectivity index (χ2v) is 6.23. The zero-order valence-corrected chi connectivity index (χ0v) is 14.8. The zero-order chi connectivity index (χ0) is 17.4. The summed E-state index contributed by atoms with van der Waals surface area (Å²) in [6, 6.07) is 6.42. The lowest BCUT2D eigenvalue weighted by molar-refractivity contribution is 0.115. The molecule has 6 heteroatoms. The van der Waals surface area contributed by atoms with Crippen LogP contribution in [-0.2, 0) is 4.74 Å². The second-order valence-electron chi connectivity index (χ2n) is 6.23. The molecule has 2 rings (SSSR count). The van der Waals surface area contributed by atoms with Gasteiger partial charge in [0.05, 0.1) is 13.2 Å². The van der Waals surface area contributed by atoms with Crippen molar-refractivity contribution in [2.75, 3.05) is 40.4 Å². The first kappa shape index (κ1) is 18.5. The van der Waals surface area contributed by atoms with E-state index in [4.69, 9.17) is 9.47 Å². The van der Waals surface area contributed by atoms with Crippen molar-refractivity contribution in [1.29, 1.82) is 0 Å². The van der Waals surface area contributed by atoms with Crippen LogP contribution in [0.2, 0.25) is 0 Å². The molecule has 1 aromatic carbocycles. The van der Waals surface area contributed by atoms with E-state index in [1.54, 1.807) is 25.2 Å². The average molecular weight is 337 g/mol. The summed E-state index contributed by atoms with van der Waals surface area (Å²) in [6.07, 6.45) is 2.43. The molecule has 0 spiro atoms. The van der Waals surface area contributed by atoms with E-state index < -0.39 is 0 Å². The van der Waals surface area contributed by atoms with Crippen molar-refractivity contribution in [2.45, 2.75) is 25.9 Å². The van der Waals surface area contributed by atoms with Crippen LogP contribution in [0.5, 0.6) is 5.75 Å². The first-order chi connectivity index (χ1) is 11.6. The summed E-state index contributed by atoms with van der Waals surface area (Å²) in [6.45, 7) is 4.76. The van der Waals surface area contributed by atoms with Gasteiger partial charge in [0.15, 0.2) is 17.5 Å². The molecule has 0 aromatic heterocycles. The van der Waals surface area contributed by atoms with Gasteiger partial charge in [0.2, 0.25) is 0 Å². The quantitative estimate of drug-likeness (QED) is 0.427. The molecule has 0 aliphatic heterocycles. The molecule has 0 amide bonds. The van der Waals surface area contributed by atoms with Crippen LogP contribution in [0.15, 0.2) is 29.3 Å². The largest absolute Gasteiger partial charge is 0.486 e. The van der Waals surface area contributed by atoms with Gasteiger partial charge < -0.3 is 19.7 Å². The summed E-state index contributed by atoms with van der Waals surface area (Å²) in [7, 11) is 3.71. The fraction of sp³-hybridized carbons (Fsp3) is 0.611. The molecule has 0 radical (unpaired) electrons. The standard InChI is InChI=1S/C18H28FN3O2/c1-14(24-17-7-5-4-6-16(17)19)12-21-18(20-2)22(3)10-11-23-13-15-8-9-15/h4-7,14-15H,8-13H2,1-3H3,(H,20,21). The molecule has 1 saturated carbocycles. The summed E-state index contributed by atoms with van der Waals surface area (Å²) in [5.74, 6) is 1.47. The first-order valence-electron chi connectivity index (χ1n) is 8.51. The van der Waals surface area contributed by atoms with Gasteiger partial charge in [-0.2, -0.15) is 0 Å². The highest BCUT2D eigenvalue weighted by molar-refractivity contribution is 5.79. The van der Waals surface area contributed by atoms with Crippen molar-refractivity contribution in [3.63, 3.8) is 0 Å². The molecule has 1 aliphatic carbocycles. The number of nitrogens with zero attached hydrogens (tertiary/aromatic N) is 2. The zero-order valence-electron chi connectivity index (χ0n) is 14.8. The average Bonchev–Trinajstić information content (AvgIpc) is 3.38. The lowest BCUT2D eigenvalue weighted by Crippen LogP contribution is -2.44. The molecular weight excluding hydrogens is 309 g/mol. The van der Waals surface area contributed by atoms with Crippen LogP contribution in [0, 0.1) is 11.7 Å². The molecule has 1 atom stereocenters. The van der Waals surface area contributed by atoms with Gasteiger partial charge in [-0.3, -0.25) is 4.99 Å². The number of halogens is 1. The number of benzene rings is 1. The predicted octanol–water partition coefficient (Wildman–Crippen LogP) is 2.53.